The van der Waals surface area contributed by atoms with Crippen molar-refractivity contribution in [3.63, 3.8) is 0 Å². The maximum Gasteiger partial charge on any atom is 0.306 e. The molecule has 0 aromatic rings. The number of hydrogen-bond donors (Lipinski definition) is 3. The maximum absolute atomic E-state index is 13.2. The lowest BCUT2D eigenvalue weighted by Crippen LogP contribution is -2.46. The molecule has 0 saturated carbocycles. The Balaban J connectivity index is 4.53. The van der Waals surface area contributed by atoms with Gasteiger partial charge in [-0.05, 0) is 51.4 Å². The van der Waals surface area contributed by atoms with E-state index in [1.807, 2.05) is 0 Å². The summed E-state index contributed by atoms with van der Waals surface area (Å²) in [4.78, 5) is 26.2. The SMILES string of the molecule is CCCCCC/C=C\CCCCCCCCCC(=O)OC(CCCCCCCCCCCCCCCCCC)CC(=O)NC(CO)C(O)CCCCCCCCCCCCC. The lowest BCUT2D eigenvalue weighted by Gasteiger charge is -2.24. The smallest absolute Gasteiger partial charge is 0.306 e. The number of allylic oxidation sites excluding steroid dienone is 2. The molecule has 3 N–H and O–H groups in total. The molecular formula is C55H107NO5. The molecule has 0 rings (SSSR count). The molecule has 362 valence electrons. The van der Waals surface area contributed by atoms with Crippen LogP contribution >= 0.6 is 0 Å². The molecule has 0 heterocycles. The molecule has 0 aromatic carbocycles. The highest BCUT2D eigenvalue weighted by atomic mass is 16.5. The molecule has 0 spiro atoms. The molecule has 0 aliphatic rings. The molecule has 3 atom stereocenters. The first-order valence-corrected chi connectivity index (χ1v) is 27.4. The molecule has 0 aromatic heterocycles. The number of rotatable bonds is 50. The molecule has 0 saturated heterocycles. The topological polar surface area (TPSA) is 95.9 Å². The van der Waals surface area contributed by atoms with E-state index in [0.29, 0.717) is 19.3 Å². The molecule has 0 bridgehead atoms. The molecule has 0 aliphatic heterocycles. The van der Waals surface area contributed by atoms with Gasteiger partial charge in [0, 0.05) is 6.42 Å². The predicted molar refractivity (Wildman–Crippen MR) is 264 cm³/mol. The standard InChI is InChI=1S/C55H107NO5/c1-4-7-10-13-16-19-22-24-26-28-29-32-34-37-40-43-46-51(61-55(60)48-45-42-39-36-33-30-27-25-23-20-17-14-11-8-5-2)49-54(59)56-52(50-57)53(58)47-44-41-38-35-31-21-18-15-12-9-6-3/h20,23,51-53,57-58H,4-19,21-22,24-50H2,1-3H3,(H,56,59)/b23-20-. The van der Waals surface area contributed by atoms with Gasteiger partial charge in [0.15, 0.2) is 0 Å². The van der Waals surface area contributed by atoms with Gasteiger partial charge in [0.05, 0.1) is 25.2 Å². The molecule has 6 heteroatoms. The van der Waals surface area contributed by atoms with Crippen molar-refractivity contribution in [2.24, 2.45) is 0 Å². The summed E-state index contributed by atoms with van der Waals surface area (Å²) in [7, 11) is 0. The quantitative estimate of drug-likeness (QED) is 0.0322. The highest BCUT2D eigenvalue weighted by Gasteiger charge is 2.24. The number of nitrogens with one attached hydrogen (secondary N) is 1. The molecule has 0 fully saturated rings. The van der Waals surface area contributed by atoms with Gasteiger partial charge < -0.3 is 20.3 Å². The van der Waals surface area contributed by atoms with Crippen LogP contribution in [-0.4, -0.2) is 46.9 Å². The van der Waals surface area contributed by atoms with Crippen LogP contribution in [0.3, 0.4) is 0 Å². The van der Waals surface area contributed by atoms with Gasteiger partial charge in [-0.1, -0.05) is 251 Å². The lowest BCUT2D eigenvalue weighted by molar-refractivity contribution is -0.151. The third kappa shape index (κ3) is 45.0. The Hall–Kier alpha value is -1.40. The van der Waals surface area contributed by atoms with E-state index in [4.69, 9.17) is 4.74 Å². The van der Waals surface area contributed by atoms with E-state index >= 15 is 0 Å². The van der Waals surface area contributed by atoms with E-state index < -0.39 is 18.2 Å². The third-order valence-electron chi connectivity index (χ3n) is 12.8. The summed E-state index contributed by atoms with van der Waals surface area (Å²) < 4.78 is 5.95. The maximum atomic E-state index is 13.2. The van der Waals surface area contributed by atoms with Gasteiger partial charge in [-0.2, -0.15) is 0 Å². The van der Waals surface area contributed by atoms with Gasteiger partial charge in [0.25, 0.3) is 0 Å². The van der Waals surface area contributed by atoms with E-state index in [1.54, 1.807) is 0 Å². The number of hydrogen-bond acceptors (Lipinski definition) is 5. The predicted octanol–water partition coefficient (Wildman–Crippen LogP) is 16.5. The normalized spacial score (nSPS) is 13.2. The minimum atomic E-state index is -0.782. The van der Waals surface area contributed by atoms with Crippen LogP contribution in [0.4, 0.5) is 0 Å². The largest absolute Gasteiger partial charge is 0.462 e. The lowest BCUT2D eigenvalue weighted by atomic mass is 10.0. The second kappa shape index (κ2) is 49.6. The van der Waals surface area contributed by atoms with Crippen molar-refractivity contribution in [3.05, 3.63) is 12.2 Å². The summed E-state index contributed by atoms with van der Waals surface area (Å²) in [6.07, 6.45) is 55.6. The number of esters is 1. The number of ether oxygens (including phenoxy) is 1. The van der Waals surface area contributed by atoms with Crippen LogP contribution < -0.4 is 5.32 Å². The third-order valence-corrected chi connectivity index (χ3v) is 12.8. The Labute approximate surface area is 380 Å². The summed E-state index contributed by atoms with van der Waals surface area (Å²) in [5, 5.41) is 23.8. The zero-order valence-electron chi connectivity index (χ0n) is 41.3. The first-order valence-electron chi connectivity index (χ1n) is 27.4. The first kappa shape index (κ1) is 59.6. The monoisotopic (exact) mass is 862 g/mol. The number of unbranched alkanes of at least 4 members (excludes halogenated alkanes) is 36. The van der Waals surface area contributed by atoms with Crippen molar-refractivity contribution in [2.75, 3.05) is 6.61 Å². The van der Waals surface area contributed by atoms with Gasteiger partial charge in [-0.3, -0.25) is 9.59 Å². The first-order chi connectivity index (χ1) is 30.0. The Morgan fingerprint density at radius 3 is 1.18 bits per heavy atom. The molecule has 0 radical (unpaired) electrons. The van der Waals surface area contributed by atoms with Crippen LogP contribution in [0.15, 0.2) is 12.2 Å². The highest BCUT2D eigenvalue weighted by molar-refractivity contribution is 5.77. The molecule has 6 nitrogen and oxygen atoms in total. The van der Waals surface area contributed by atoms with E-state index in [-0.39, 0.29) is 24.9 Å². The molecule has 0 aliphatic carbocycles. The van der Waals surface area contributed by atoms with Crippen LogP contribution in [0.25, 0.3) is 0 Å². The number of amides is 1. The average Bonchev–Trinajstić information content (AvgIpc) is 3.25. The van der Waals surface area contributed by atoms with Crippen LogP contribution in [-0.2, 0) is 14.3 Å². The Kier molecular flexibility index (Phi) is 48.5. The molecule has 61 heavy (non-hydrogen) atoms. The van der Waals surface area contributed by atoms with E-state index in [2.05, 4.69) is 38.2 Å². The number of aliphatic hydroxyl groups excluding tert-OH is 2. The van der Waals surface area contributed by atoms with Crippen LogP contribution in [0, 0.1) is 0 Å². The number of carbonyl (C=O) groups is 2. The van der Waals surface area contributed by atoms with Crippen molar-refractivity contribution in [1.82, 2.24) is 5.32 Å². The van der Waals surface area contributed by atoms with Crippen molar-refractivity contribution < 1.29 is 24.5 Å². The minimum Gasteiger partial charge on any atom is -0.462 e. The summed E-state index contributed by atoms with van der Waals surface area (Å²) in [5.41, 5.74) is 0. The van der Waals surface area contributed by atoms with Gasteiger partial charge >= 0.3 is 5.97 Å². The zero-order chi connectivity index (χ0) is 44.5. The van der Waals surface area contributed by atoms with E-state index in [9.17, 15) is 19.8 Å². The average molecular weight is 862 g/mol. The zero-order valence-corrected chi connectivity index (χ0v) is 41.3. The van der Waals surface area contributed by atoms with Crippen LogP contribution in [0.5, 0.6) is 0 Å². The van der Waals surface area contributed by atoms with Gasteiger partial charge in [-0.25, -0.2) is 0 Å². The Bertz CT molecular complexity index is 924. The fourth-order valence-electron chi connectivity index (χ4n) is 8.66. The molecule has 3 unspecified atom stereocenters. The van der Waals surface area contributed by atoms with Crippen LogP contribution in [0.1, 0.15) is 303 Å². The second-order valence-electron chi connectivity index (χ2n) is 19.0. The summed E-state index contributed by atoms with van der Waals surface area (Å²) in [6, 6.07) is -0.695. The summed E-state index contributed by atoms with van der Waals surface area (Å²) in [5.74, 6) is -0.459. The van der Waals surface area contributed by atoms with Gasteiger partial charge in [0.2, 0.25) is 5.91 Å². The molecular weight excluding hydrogens is 755 g/mol. The van der Waals surface area contributed by atoms with Gasteiger partial charge in [-0.15, -0.1) is 0 Å². The summed E-state index contributed by atoms with van der Waals surface area (Å²) in [6.45, 7) is 6.50. The van der Waals surface area contributed by atoms with E-state index in [1.165, 1.54) is 212 Å². The number of carbonyl (C=O) groups excluding carboxylic acids is 2. The fourth-order valence-corrected chi connectivity index (χ4v) is 8.66. The Morgan fingerprint density at radius 1 is 0.459 bits per heavy atom. The Morgan fingerprint density at radius 2 is 0.787 bits per heavy atom. The highest BCUT2D eigenvalue weighted by Crippen LogP contribution is 2.19. The van der Waals surface area contributed by atoms with Crippen molar-refractivity contribution in [3.8, 4) is 0 Å². The van der Waals surface area contributed by atoms with Crippen molar-refractivity contribution >= 4 is 11.9 Å². The number of aliphatic hydroxyl groups is 2. The van der Waals surface area contributed by atoms with Crippen molar-refractivity contribution in [1.29, 1.82) is 0 Å². The van der Waals surface area contributed by atoms with Crippen molar-refractivity contribution in [2.45, 2.75) is 322 Å². The van der Waals surface area contributed by atoms with E-state index in [0.717, 1.165) is 44.9 Å². The summed E-state index contributed by atoms with van der Waals surface area (Å²) >= 11 is 0. The van der Waals surface area contributed by atoms with Gasteiger partial charge in [0.1, 0.15) is 6.10 Å². The fraction of sp³-hybridized carbons (Fsp3) is 0.927. The van der Waals surface area contributed by atoms with Crippen LogP contribution in [0.2, 0.25) is 0 Å². The second-order valence-corrected chi connectivity index (χ2v) is 19.0. The molecule has 1 amide bonds. The minimum absolute atomic E-state index is 0.0835.